The number of aryl methyl sites for hydroxylation is 1. The van der Waals surface area contributed by atoms with E-state index in [9.17, 15) is 18.4 Å². The van der Waals surface area contributed by atoms with Gasteiger partial charge in [-0.1, -0.05) is 17.7 Å². The van der Waals surface area contributed by atoms with Crippen molar-refractivity contribution in [3.8, 4) is 0 Å². The van der Waals surface area contributed by atoms with Crippen LogP contribution < -0.4 is 10.2 Å². The molecule has 2 rings (SSSR count). The third-order valence-corrected chi connectivity index (χ3v) is 3.59. The van der Waals surface area contributed by atoms with E-state index in [0.29, 0.717) is 16.8 Å². The van der Waals surface area contributed by atoms with Gasteiger partial charge in [0.1, 0.15) is 18.2 Å². The molecule has 0 fully saturated rings. The number of hydrogen-bond donors (Lipinski definition) is 1. The minimum atomic E-state index is -0.920. The fourth-order valence-corrected chi connectivity index (χ4v) is 2.30. The average molecular weight is 353 g/mol. The van der Waals surface area contributed by atoms with Crippen molar-refractivity contribution in [3.63, 3.8) is 0 Å². The number of halogens is 3. The molecule has 0 aliphatic rings. The van der Waals surface area contributed by atoms with Crippen molar-refractivity contribution in [2.24, 2.45) is 0 Å². The Kier molecular flexibility index (Phi) is 5.51. The normalized spacial score (nSPS) is 10.4. The lowest BCUT2D eigenvalue weighted by molar-refractivity contribution is -0.120. The Morgan fingerprint density at radius 2 is 1.88 bits per heavy atom. The van der Waals surface area contributed by atoms with Crippen LogP contribution in [0, 0.1) is 18.6 Å². The smallest absolute Gasteiger partial charge is 0.244 e. The minimum absolute atomic E-state index is 0.165. The zero-order valence-corrected chi connectivity index (χ0v) is 13.8. The van der Waals surface area contributed by atoms with Crippen LogP contribution in [0.5, 0.6) is 0 Å². The second kappa shape index (κ2) is 7.40. The molecule has 0 unspecified atom stereocenters. The first-order valence-corrected chi connectivity index (χ1v) is 7.45. The van der Waals surface area contributed by atoms with Crippen LogP contribution in [0.2, 0.25) is 5.02 Å². The lowest BCUT2D eigenvalue weighted by atomic mass is 10.2. The maximum Gasteiger partial charge on any atom is 0.244 e. The molecule has 2 aromatic rings. The number of nitrogens with zero attached hydrogens (tertiary/aromatic N) is 1. The van der Waals surface area contributed by atoms with E-state index in [4.69, 9.17) is 11.6 Å². The summed E-state index contributed by atoms with van der Waals surface area (Å²) in [7, 11) is 0. The van der Waals surface area contributed by atoms with Crippen molar-refractivity contribution in [3.05, 3.63) is 58.6 Å². The molecule has 0 atom stereocenters. The van der Waals surface area contributed by atoms with E-state index in [0.717, 1.165) is 22.6 Å². The Morgan fingerprint density at radius 1 is 1.17 bits per heavy atom. The third-order valence-electron chi connectivity index (χ3n) is 3.36. The Balaban J connectivity index is 2.20. The van der Waals surface area contributed by atoms with Crippen LogP contribution in [0.4, 0.5) is 20.2 Å². The van der Waals surface area contributed by atoms with Crippen molar-refractivity contribution < 1.29 is 18.4 Å². The van der Waals surface area contributed by atoms with Crippen molar-refractivity contribution in [2.45, 2.75) is 13.8 Å². The quantitative estimate of drug-likeness (QED) is 0.906. The molecule has 0 radical (unpaired) electrons. The lowest BCUT2D eigenvalue weighted by Gasteiger charge is -2.21. The molecular formula is C17H15ClF2N2O2. The van der Waals surface area contributed by atoms with Crippen molar-refractivity contribution in [1.82, 2.24) is 0 Å². The van der Waals surface area contributed by atoms with Gasteiger partial charge in [0.15, 0.2) is 0 Å². The number of nitrogens with one attached hydrogen (secondary N) is 1. The number of carbonyl (C=O) groups is 2. The van der Waals surface area contributed by atoms with Crippen molar-refractivity contribution in [1.29, 1.82) is 0 Å². The SMILES string of the molecule is CC(=O)N(CC(=O)Nc1cc(Cl)ccc1C)c1ccc(F)cc1F. The fraction of sp³-hybridized carbons (Fsp3) is 0.176. The van der Waals surface area contributed by atoms with Crippen LogP contribution in [-0.4, -0.2) is 18.4 Å². The van der Waals surface area contributed by atoms with Gasteiger partial charge < -0.3 is 10.2 Å². The molecule has 0 aliphatic heterocycles. The minimum Gasteiger partial charge on any atom is -0.324 e. The highest BCUT2D eigenvalue weighted by Gasteiger charge is 2.20. The molecule has 24 heavy (non-hydrogen) atoms. The molecule has 0 saturated carbocycles. The molecule has 0 aromatic heterocycles. The summed E-state index contributed by atoms with van der Waals surface area (Å²) in [6, 6.07) is 7.79. The largest absolute Gasteiger partial charge is 0.324 e. The van der Waals surface area contributed by atoms with E-state index in [-0.39, 0.29) is 5.69 Å². The standard InChI is InChI=1S/C17H15ClF2N2O2/c1-10-3-4-12(18)7-15(10)21-17(24)9-22(11(2)23)16-6-5-13(19)8-14(16)20/h3-8H,9H2,1-2H3,(H,21,24). The van der Waals surface area contributed by atoms with Gasteiger partial charge in [-0.2, -0.15) is 0 Å². The van der Waals surface area contributed by atoms with E-state index in [1.165, 1.54) is 6.92 Å². The van der Waals surface area contributed by atoms with Crippen molar-refractivity contribution in [2.75, 3.05) is 16.8 Å². The second-order valence-electron chi connectivity index (χ2n) is 5.21. The number of amides is 2. The summed E-state index contributed by atoms with van der Waals surface area (Å²) in [5.41, 5.74) is 1.12. The van der Waals surface area contributed by atoms with Gasteiger partial charge in [-0.05, 0) is 36.8 Å². The highest BCUT2D eigenvalue weighted by Crippen LogP contribution is 2.22. The van der Waals surface area contributed by atoms with Crippen LogP contribution in [0.15, 0.2) is 36.4 Å². The molecule has 2 amide bonds. The van der Waals surface area contributed by atoms with Crippen LogP contribution >= 0.6 is 11.6 Å². The van der Waals surface area contributed by atoms with E-state index >= 15 is 0 Å². The summed E-state index contributed by atoms with van der Waals surface area (Å²) in [5, 5.41) is 3.07. The summed E-state index contributed by atoms with van der Waals surface area (Å²) in [6.07, 6.45) is 0. The Bertz CT molecular complexity index is 796. The molecule has 2 aromatic carbocycles. The molecule has 0 aliphatic carbocycles. The number of carbonyl (C=O) groups excluding carboxylic acids is 2. The van der Waals surface area contributed by atoms with E-state index in [2.05, 4.69) is 5.32 Å². The molecule has 0 bridgehead atoms. The highest BCUT2D eigenvalue weighted by molar-refractivity contribution is 6.31. The number of anilines is 2. The maximum atomic E-state index is 13.9. The Labute approximate surface area is 143 Å². The summed E-state index contributed by atoms with van der Waals surface area (Å²) < 4.78 is 26.9. The Hall–Kier alpha value is -2.47. The summed E-state index contributed by atoms with van der Waals surface area (Å²) in [4.78, 5) is 24.9. The molecule has 4 nitrogen and oxygen atoms in total. The van der Waals surface area contributed by atoms with E-state index in [1.807, 2.05) is 0 Å². The van der Waals surface area contributed by atoms with Crippen LogP contribution in [0.1, 0.15) is 12.5 Å². The summed E-state index contributed by atoms with van der Waals surface area (Å²) in [5.74, 6) is -2.76. The van der Waals surface area contributed by atoms with Crippen LogP contribution in [0.3, 0.4) is 0 Å². The predicted molar refractivity (Wildman–Crippen MR) is 89.2 cm³/mol. The summed E-state index contributed by atoms with van der Waals surface area (Å²) in [6.45, 7) is 2.57. The van der Waals surface area contributed by atoms with Gasteiger partial charge >= 0.3 is 0 Å². The zero-order chi connectivity index (χ0) is 17.9. The average Bonchev–Trinajstić information content (AvgIpc) is 2.49. The molecule has 0 heterocycles. The number of benzene rings is 2. The van der Waals surface area contributed by atoms with Gasteiger partial charge in [0.05, 0.1) is 5.69 Å². The van der Waals surface area contributed by atoms with Crippen LogP contribution in [0.25, 0.3) is 0 Å². The third kappa shape index (κ3) is 4.29. The molecule has 0 saturated heterocycles. The first-order valence-electron chi connectivity index (χ1n) is 7.07. The number of hydrogen-bond acceptors (Lipinski definition) is 2. The van der Waals surface area contributed by atoms with Crippen LogP contribution in [-0.2, 0) is 9.59 Å². The van der Waals surface area contributed by atoms with Gasteiger partial charge in [-0.3, -0.25) is 9.59 Å². The van der Waals surface area contributed by atoms with E-state index in [1.54, 1.807) is 25.1 Å². The first-order chi connectivity index (χ1) is 11.3. The monoisotopic (exact) mass is 352 g/mol. The summed E-state index contributed by atoms with van der Waals surface area (Å²) >= 11 is 5.89. The molecule has 0 spiro atoms. The van der Waals surface area contributed by atoms with Gasteiger partial charge in [0.2, 0.25) is 11.8 Å². The predicted octanol–water partition coefficient (Wildman–Crippen LogP) is 3.92. The van der Waals surface area contributed by atoms with Gasteiger partial charge in [-0.25, -0.2) is 8.78 Å². The van der Waals surface area contributed by atoms with Crippen molar-refractivity contribution >= 4 is 34.8 Å². The van der Waals surface area contributed by atoms with Gasteiger partial charge in [0, 0.05) is 23.7 Å². The topological polar surface area (TPSA) is 49.4 Å². The molecule has 7 heteroatoms. The maximum absolute atomic E-state index is 13.9. The highest BCUT2D eigenvalue weighted by atomic mass is 35.5. The zero-order valence-electron chi connectivity index (χ0n) is 13.1. The second-order valence-corrected chi connectivity index (χ2v) is 5.64. The number of rotatable bonds is 4. The fourth-order valence-electron chi connectivity index (χ4n) is 2.13. The molecule has 1 N–H and O–H groups in total. The van der Waals surface area contributed by atoms with E-state index < -0.39 is 30.0 Å². The van der Waals surface area contributed by atoms with Gasteiger partial charge in [-0.15, -0.1) is 0 Å². The molecule has 126 valence electrons. The lowest BCUT2D eigenvalue weighted by Crippen LogP contribution is -2.37. The molecular weight excluding hydrogens is 338 g/mol. The first kappa shape index (κ1) is 17.9. The van der Waals surface area contributed by atoms with Gasteiger partial charge in [0.25, 0.3) is 0 Å². The Morgan fingerprint density at radius 3 is 2.50 bits per heavy atom.